The number of carbonyl (C=O) groups excluding carboxylic acids is 1. The van der Waals surface area contributed by atoms with Crippen LogP contribution in [0.4, 0.5) is 0 Å². The Labute approximate surface area is 179 Å². The van der Waals surface area contributed by atoms with E-state index in [0.29, 0.717) is 23.0 Å². The Bertz CT molecular complexity index is 1110. The quantitative estimate of drug-likeness (QED) is 0.393. The number of hydrogen-bond donors (Lipinski definition) is 0. The molecule has 0 aliphatic rings. The number of methoxy groups -OCH3 is 1. The van der Waals surface area contributed by atoms with Gasteiger partial charge in [-0.25, -0.2) is 4.79 Å². The number of ether oxygens (including phenoxy) is 3. The average Bonchev–Trinajstić information content (AvgIpc) is 3.27. The zero-order chi connectivity index (χ0) is 22.2. The van der Waals surface area contributed by atoms with Gasteiger partial charge in [0, 0.05) is 11.6 Å². The second kappa shape index (κ2) is 10.1. The zero-order valence-electron chi connectivity index (χ0n) is 17.4. The van der Waals surface area contributed by atoms with Crippen LogP contribution < -0.4 is 9.47 Å². The number of esters is 1. The van der Waals surface area contributed by atoms with Gasteiger partial charge >= 0.3 is 5.97 Å². The van der Waals surface area contributed by atoms with E-state index in [0.717, 1.165) is 11.1 Å². The van der Waals surface area contributed by atoms with Gasteiger partial charge in [-0.05, 0) is 49.8 Å². The van der Waals surface area contributed by atoms with E-state index < -0.39 is 12.1 Å². The van der Waals surface area contributed by atoms with Crippen molar-refractivity contribution in [3.8, 4) is 29.0 Å². The van der Waals surface area contributed by atoms with E-state index in [1.165, 1.54) is 13.2 Å². The second-order valence-corrected chi connectivity index (χ2v) is 6.58. The first-order chi connectivity index (χ1) is 15.0. The number of aryl methyl sites for hydroxylation is 1. The maximum atomic E-state index is 12.2. The molecule has 158 valence electrons. The number of carbonyl (C=O) groups is 1. The summed E-state index contributed by atoms with van der Waals surface area (Å²) in [6, 6.07) is 14.6. The van der Waals surface area contributed by atoms with Crippen molar-refractivity contribution < 1.29 is 23.4 Å². The van der Waals surface area contributed by atoms with Gasteiger partial charge in [0.2, 0.25) is 5.89 Å². The van der Waals surface area contributed by atoms with Gasteiger partial charge in [0.25, 0.3) is 5.89 Å². The van der Waals surface area contributed by atoms with Gasteiger partial charge in [-0.2, -0.15) is 5.26 Å². The van der Waals surface area contributed by atoms with Gasteiger partial charge in [-0.1, -0.05) is 23.8 Å². The van der Waals surface area contributed by atoms with Crippen LogP contribution in [0.3, 0.4) is 0 Å². The van der Waals surface area contributed by atoms with Crippen molar-refractivity contribution in [2.45, 2.75) is 20.0 Å². The molecule has 1 heterocycles. The van der Waals surface area contributed by atoms with Crippen LogP contribution in [-0.4, -0.2) is 29.9 Å². The van der Waals surface area contributed by atoms with Crippen molar-refractivity contribution in [1.82, 2.24) is 10.2 Å². The van der Waals surface area contributed by atoms with Crippen molar-refractivity contribution in [2.75, 3.05) is 13.7 Å². The molecule has 31 heavy (non-hydrogen) atoms. The van der Waals surface area contributed by atoms with E-state index in [4.69, 9.17) is 23.9 Å². The van der Waals surface area contributed by atoms with Gasteiger partial charge in [-0.15, -0.1) is 10.2 Å². The average molecular weight is 419 g/mol. The molecule has 0 bridgehead atoms. The van der Waals surface area contributed by atoms with Crippen LogP contribution in [0.25, 0.3) is 17.5 Å². The Morgan fingerprint density at radius 2 is 1.97 bits per heavy atom. The molecule has 2 aromatic carbocycles. The van der Waals surface area contributed by atoms with Gasteiger partial charge in [0.15, 0.2) is 24.2 Å². The fourth-order valence-corrected chi connectivity index (χ4v) is 2.66. The molecule has 8 heteroatoms. The number of nitriles is 1. The molecular weight excluding hydrogens is 398 g/mol. The number of rotatable bonds is 8. The zero-order valence-corrected chi connectivity index (χ0v) is 17.4. The maximum Gasteiger partial charge on any atom is 0.331 e. The predicted octanol–water partition coefficient (Wildman–Crippen LogP) is 4.27. The molecule has 0 N–H and O–H groups in total. The largest absolute Gasteiger partial charge is 0.493 e. The number of benzene rings is 2. The lowest BCUT2D eigenvalue weighted by molar-refractivity contribution is -0.143. The van der Waals surface area contributed by atoms with Crippen LogP contribution in [0.1, 0.15) is 30.0 Å². The third-order valence-electron chi connectivity index (χ3n) is 4.27. The first-order valence-corrected chi connectivity index (χ1v) is 9.47. The van der Waals surface area contributed by atoms with Crippen LogP contribution >= 0.6 is 0 Å². The molecule has 0 fully saturated rings. The summed E-state index contributed by atoms with van der Waals surface area (Å²) >= 11 is 0. The molecule has 0 aliphatic heterocycles. The molecular formula is C23H21N3O5. The van der Waals surface area contributed by atoms with E-state index in [1.807, 2.05) is 37.3 Å². The van der Waals surface area contributed by atoms with Crippen molar-refractivity contribution >= 4 is 12.0 Å². The maximum absolute atomic E-state index is 12.2. The number of aromatic nitrogens is 2. The smallest absolute Gasteiger partial charge is 0.331 e. The fraction of sp³-hybridized carbons (Fsp3) is 0.217. The molecule has 8 nitrogen and oxygen atoms in total. The topological polar surface area (TPSA) is 107 Å². The van der Waals surface area contributed by atoms with Crippen LogP contribution in [0.5, 0.6) is 11.5 Å². The summed E-state index contributed by atoms with van der Waals surface area (Å²) < 4.78 is 21.5. The summed E-state index contributed by atoms with van der Waals surface area (Å²) in [5, 5.41) is 16.6. The van der Waals surface area contributed by atoms with Gasteiger partial charge in [-0.3, -0.25) is 0 Å². The first-order valence-electron chi connectivity index (χ1n) is 9.47. The predicted molar refractivity (Wildman–Crippen MR) is 112 cm³/mol. The SMILES string of the molecule is COc1cc(/C=C/C(=O)O[C@@H](C)c2nnc(-c3ccc(C)cc3)o2)ccc1OCC#N. The molecule has 1 atom stereocenters. The van der Waals surface area contributed by atoms with Crippen molar-refractivity contribution in [1.29, 1.82) is 5.26 Å². The summed E-state index contributed by atoms with van der Waals surface area (Å²) in [5.41, 5.74) is 2.61. The highest BCUT2D eigenvalue weighted by Gasteiger charge is 2.18. The number of nitrogens with zero attached hydrogens (tertiary/aromatic N) is 3. The molecule has 1 aromatic heterocycles. The normalized spacial score (nSPS) is 11.7. The van der Waals surface area contributed by atoms with Gasteiger partial charge in [0.1, 0.15) is 6.07 Å². The Morgan fingerprint density at radius 1 is 1.19 bits per heavy atom. The third-order valence-corrected chi connectivity index (χ3v) is 4.27. The summed E-state index contributed by atoms with van der Waals surface area (Å²) in [4.78, 5) is 12.2. The van der Waals surface area contributed by atoms with Crippen molar-refractivity contribution in [3.05, 3.63) is 65.6 Å². The van der Waals surface area contributed by atoms with E-state index in [-0.39, 0.29) is 12.5 Å². The van der Waals surface area contributed by atoms with Gasteiger partial charge < -0.3 is 18.6 Å². The Balaban J connectivity index is 1.62. The summed E-state index contributed by atoms with van der Waals surface area (Å²) in [7, 11) is 1.49. The highest BCUT2D eigenvalue weighted by atomic mass is 16.6. The molecule has 3 rings (SSSR count). The van der Waals surface area contributed by atoms with E-state index in [1.54, 1.807) is 31.2 Å². The lowest BCUT2D eigenvalue weighted by Crippen LogP contribution is -2.06. The molecule has 0 saturated heterocycles. The minimum Gasteiger partial charge on any atom is -0.493 e. The molecule has 0 saturated carbocycles. The molecule has 3 aromatic rings. The van der Waals surface area contributed by atoms with Crippen LogP contribution in [-0.2, 0) is 9.53 Å². The molecule has 0 unspecified atom stereocenters. The third kappa shape index (κ3) is 5.70. The summed E-state index contributed by atoms with van der Waals surface area (Å²) in [5.74, 6) is 0.899. The van der Waals surface area contributed by atoms with Crippen LogP contribution in [0, 0.1) is 18.3 Å². The Hall–Kier alpha value is -4.12. The monoisotopic (exact) mass is 419 g/mol. The molecule has 0 amide bonds. The molecule has 0 spiro atoms. The van der Waals surface area contributed by atoms with Gasteiger partial charge in [0.05, 0.1) is 7.11 Å². The van der Waals surface area contributed by atoms with Crippen molar-refractivity contribution in [2.24, 2.45) is 0 Å². The van der Waals surface area contributed by atoms with Crippen molar-refractivity contribution in [3.63, 3.8) is 0 Å². The van der Waals surface area contributed by atoms with Crippen LogP contribution in [0.2, 0.25) is 0 Å². The molecule has 0 radical (unpaired) electrons. The van der Waals surface area contributed by atoms with E-state index >= 15 is 0 Å². The lowest BCUT2D eigenvalue weighted by atomic mass is 10.1. The van der Waals surface area contributed by atoms with E-state index in [9.17, 15) is 4.79 Å². The second-order valence-electron chi connectivity index (χ2n) is 6.58. The Kier molecular flexibility index (Phi) is 7.01. The fourth-order valence-electron chi connectivity index (χ4n) is 2.66. The highest BCUT2D eigenvalue weighted by Crippen LogP contribution is 2.28. The minimum absolute atomic E-state index is 0.0863. The summed E-state index contributed by atoms with van der Waals surface area (Å²) in [6.45, 7) is 3.56. The number of hydrogen-bond acceptors (Lipinski definition) is 8. The Morgan fingerprint density at radius 3 is 2.68 bits per heavy atom. The minimum atomic E-state index is -0.708. The van der Waals surface area contributed by atoms with Crippen LogP contribution in [0.15, 0.2) is 53.0 Å². The first kappa shape index (κ1) is 21.6. The standard InChI is InChI=1S/C23H21N3O5/c1-15-4-8-18(9-5-15)23-26-25-22(31-23)16(2)30-21(27)11-7-17-6-10-19(29-13-12-24)20(14-17)28-3/h4-11,14,16H,13H2,1-3H3/b11-7+/t16-/m0/s1. The lowest BCUT2D eigenvalue weighted by Gasteiger charge is -2.09. The van der Waals surface area contributed by atoms with E-state index in [2.05, 4.69) is 10.2 Å². The highest BCUT2D eigenvalue weighted by molar-refractivity contribution is 5.87. The molecule has 0 aliphatic carbocycles. The summed E-state index contributed by atoms with van der Waals surface area (Å²) in [6.07, 6.45) is 2.16.